The van der Waals surface area contributed by atoms with Gasteiger partial charge in [0.15, 0.2) is 12.4 Å². The molecule has 2 aromatic carbocycles. The summed E-state index contributed by atoms with van der Waals surface area (Å²) in [6.45, 7) is 0.521. The van der Waals surface area contributed by atoms with Gasteiger partial charge >= 0.3 is 5.69 Å². The highest BCUT2D eigenvalue weighted by molar-refractivity contribution is 5.78. The molecule has 1 fully saturated rings. The first-order valence-electron chi connectivity index (χ1n) is 8.35. The number of amides is 1. The average molecular weight is 340 g/mol. The Kier molecular flexibility index (Phi) is 5.28. The molecule has 3 rings (SSSR count). The number of nitro benzene ring substituents is 1. The van der Waals surface area contributed by atoms with Gasteiger partial charge in [0.2, 0.25) is 0 Å². The van der Waals surface area contributed by atoms with Gasteiger partial charge in [-0.3, -0.25) is 14.9 Å². The van der Waals surface area contributed by atoms with E-state index >= 15 is 0 Å². The molecule has 0 saturated carbocycles. The Hall–Kier alpha value is -2.89. The molecule has 0 radical (unpaired) electrons. The van der Waals surface area contributed by atoms with Gasteiger partial charge in [-0.15, -0.1) is 0 Å². The van der Waals surface area contributed by atoms with E-state index in [1.54, 1.807) is 12.1 Å². The fourth-order valence-electron chi connectivity index (χ4n) is 3.21. The zero-order valence-electron chi connectivity index (χ0n) is 13.8. The van der Waals surface area contributed by atoms with Crippen molar-refractivity contribution < 1.29 is 14.5 Å². The second-order valence-electron chi connectivity index (χ2n) is 6.09. The minimum atomic E-state index is -0.506. The molecule has 1 aliphatic rings. The first kappa shape index (κ1) is 17.0. The van der Waals surface area contributed by atoms with Crippen molar-refractivity contribution in [3.05, 3.63) is 70.3 Å². The van der Waals surface area contributed by atoms with Crippen molar-refractivity contribution in [2.45, 2.75) is 25.3 Å². The van der Waals surface area contributed by atoms with Gasteiger partial charge in [0, 0.05) is 18.7 Å². The van der Waals surface area contributed by atoms with Gasteiger partial charge < -0.3 is 9.64 Å². The lowest BCUT2D eigenvalue weighted by molar-refractivity contribution is -0.385. The lowest BCUT2D eigenvalue weighted by Gasteiger charge is -2.25. The van der Waals surface area contributed by atoms with Gasteiger partial charge in [-0.2, -0.15) is 0 Å². The number of para-hydroxylation sites is 2. The largest absolute Gasteiger partial charge is 0.477 e. The molecule has 0 spiro atoms. The molecule has 6 nitrogen and oxygen atoms in total. The topological polar surface area (TPSA) is 72.7 Å². The predicted molar refractivity (Wildman–Crippen MR) is 93.5 cm³/mol. The Morgan fingerprint density at radius 2 is 1.88 bits per heavy atom. The molecule has 2 aromatic rings. The molecule has 0 aromatic heterocycles. The van der Waals surface area contributed by atoms with Crippen LogP contribution in [0.25, 0.3) is 0 Å². The van der Waals surface area contributed by atoms with Crippen LogP contribution in [0.3, 0.4) is 0 Å². The lowest BCUT2D eigenvalue weighted by atomic mass is 10.0. The lowest BCUT2D eigenvalue weighted by Crippen LogP contribution is -2.39. The zero-order chi connectivity index (χ0) is 17.6. The molecule has 0 N–H and O–H groups in total. The molecular formula is C19H20N2O4. The summed E-state index contributed by atoms with van der Waals surface area (Å²) >= 11 is 0. The molecule has 1 unspecified atom stereocenters. The van der Waals surface area contributed by atoms with Crippen molar-refractivity contribution in [3.63, 3.8) is 0 Å². The smallest absolute Gasteiger partial charge is 0.310 e. The molecule has 1 heterocycles. The monoisotopic (exact) mass is 340 g/mol. The van der Waals surface area contributed by atoms with Crippen LogP contribution in [0.15, 0.2) is 54.6 Å². The summed E-state index contributed by atoms with van der Waals surface area (Å²) in [5.41, 5.74) is 1.07. The van der Waals surface area contributed by atoms with E-state index in [1.165, 1.54) is 17.7 Å². The van der Waals surface area contributed by atoms with Crippen LogP contribution < -0.4 is 4.74 Å². The van der Waals surface area contributed by atoms with E-state index in [0.29, 0.717) is 6.54 Å². The van der Waals surface area contributed by atoms with Gasteiger partial charge in [0.05, 0.1) is 4.92 Å². The third-order valence-electron chi connectivity index (χ3n) is 4.42. The summed E-state index contributed by atoms with van der Waals surface area (Å²) < 4.78 is 5.44. The molecule has 25 heavy (non-hydrogen) atoms. The molecule has 1 amide bonds. The average Bonchev–Trinajstić information content (AvgIpc) is 3.09. The van der Waals surface area contributed by atoms with Gasteiger partial charge in [0.1, 0.15) is 0 Å². The number of hydrogen-bond donors (Lipinski definition) is 0. The number of likely N-dealkylation sites (tertiary alicyclic amines) is 1. The van der Waals surface area contributed by atoms with Crippen LogP contribution in [0.4, 0.5) is 5.69 Å². The fraction of sp³-hybridized carbons (Fsp3) is 0.316. The number of rotatable bonds is 6. The number of nitro groups is 1. The number of benzene rings is 2. The van der Waals surface area contributed by atoms with E-state index in [-0.39, 0.29) is 30.0 Å². The maximum Gasteiger partial charge on any atom is 0.310 e. The van der Waals surface area contributed by atoms with Gasteiger partial charge in [-0.1, -0.05) is 42.5 Å². The third-order valence-corrected chi connectivity index (χ3v) is 4.42. The van der Waals surface area contributed by atoms with Crippen molar-refractivity contribution in [2.24, 2.45) is 0 Å². The molecular weight excluding hydrogens is 320 g/mol. The van der Waals surface area contributed by atoms with Gasteiger partial charge in [0.25, 0.3) is 5.91 Å². The normalized spacial score (nSPS) is 16.6. The number of carbonyl (C=O) groups excluding carboxylic acids is 1. The first-order valence-corrected chi connectivity index (χ1v) is 8.35. The van der Waals surface area contributed by atoms with Crippen molar-refractivity contribution in [1.82, 2.24) is 4.90 Å². The Morgan fingerprint density at radius 1 is 1.16 bits per heavy atom. The molecule has 1 aliphatic heterocycles. The quantitative estimate of drug-likeness (QED) is 0.598. The van der Waals surface area contributed by atoms with Crippen molar-refractivity contribution in [3.8, 4) is 5.75 Å². The van der Waals surface area contributed by atoms with Crippen molar-refractivity contribution in [1.29, 1.82) is 0 Å². The highest BCUT2D eigenvalue weighted by atomic mass is 16.6. The molecule has 1 saturated heterocycles. The maximum absolute atomic E-state index is 12.5. The van der Waals surface area contributed by atoms with E-state index < -0.39 is 4.92 Å². The van der Waals surface area contributed by atoms with Gasteiger partial charge in [-0.25, -0.2) is 0 Å². The molecule has 0 bridgehead atoms. The second kappa shape index (κ2) is 7.79. The summed E-state index contributed by atoms with van der Waals surface area (Å²) in [6, 6.07) is 16.3. The Balaban J connectivity index is 1.62. The van der Waals surface area contributed by atoms with Crippen LogP contribution in [0.1, 0.15) is 18.4 Å². The van der Waals surface area contributed by atoms with E-state index in [1.807, 2.05) is 23.1 Å². The molecule has 130 valence electrons. The standard InChI is InChI=1S/C19H20N2O4/c22-19(14-25-18-11-5-4-10-17(18)21(23)24)20-12-6-9-16(20)13-15-7-2-1-3-8-15/h1-5,7-8,10-11,16H,6,9,12-14H2. The molecule has 0 aliphatic carbocycles. The molecule has 1 atom stereocenters. The van der Waals surface area contributed by atoms with Crippen LogP contribution in [0.5, 0.6) is 5.75 Å². The summed E-state index contributed by atoms with van der Waals surface area (Å²) in [7, 11) is 0. The Bertz CT molecular complexity index is 748. The van der Waals surface area contributed by atoms with Crippen molar-refractivity contribution in [2.75, 3.05) is 13.2 Å². The molecule has 6 heteroatoms. The summed E-state index contributed by atoms with van der Waals surface area (Å²) in [4.78, 5) is 24.9. The Morgan fingerprint density at radius 3 is 2.64 bits per heavy atom. The van der Waals surface area contributed by atoms with E-state index in [0.717, 1.165) is 19.3 Å². The van der Waals surface area contributed by atoms with Crippen molar-refractivity contribution >= 4 is 11.6 Å². The Labute approximate surface area is 146 Å². The maximum atomic E-state index is 12.5. The highest BCUT2D eigenvalue weighted by Gasteiger charge is 2.29. The fourth-order valence-corrected chi connectivity index (χ4v) is 3.21. The SMILES string of the molecule is O=C(COc1ccccc1[N+](=O)[O-])N1CCCC1Cc1ccccc1. The van der Waals surface area contributed by atoms with Crippen LogP contribution in [0, 0.1) is 10.1 Å². The predicted octanol–water partition coefficient (Wildman–Crippen LogP) is 3.21. The minimum Gasteiger partial charge on any atom is -0.477 e. The third kappa shape index (κ3) is 4.15. The number of ether oxygens (including phenoxy) is 1. The second-order valence-corrected chi connectivity index (χ2v) is 6.09. The van der Waals surface area contributed by atoms with Crippen LogP contribution in [-0.2, 0) is 11.2 Å². The van der Waals surface area contributed by atoms with E-state index in [2.05, 4.69) is 12.1 Å². The van der Waals surface area contributed by atoms with Gasteiger partial charge in [-0.05, 0) is 30.9 Å². The summed E-state index contributed by atoms with van der Waals surface area (Å²) in [5, 5.41) is 11.0. The number of carbonyl (C=O) groups is 1. The van der Waals surface area contributed by atoms with Crippen LogP contribution in [0.2, 0.25) is 0 Å². The van der Waals surface area contributed by atoms with E-state index in [4.69, 9.17) is 4.74 Å². The zero-order valence-corrected chi connectivity index (χ0v) is 13.8. The summed E-state index contributed by atoms with van der Waals surface area (Å²) in [5.74, 6) is -0.00348. The number of hydrogen-bond acceptors (Lipinski definition) is 4. The summed E-state index contributed by atoms with van der Waals surface area (Å²) in [6.07, 6.45) is 2.75. The van der Waals surface area contributed by atoms with Crippen LogP contribution in [-0.4, -0.2) is 34.9 Å². The first-order chi connectivity index (χ1) is 12.1. The number of nitrogens with zero attached hydrogens (tertiary/aromatic N) is 2. The van der Waals surface area contributed by atoms with E-state index in [9.17, 15) is 14.9 Å². The van der Waals surface area contributed by atoms with Crippen LogP contribution >= 0.6 is 0 Å². The highest BCUT2D eigenvalue weighted by Crippen LogP contribution is 2.26. The minimum absolute atomic E-state index is 0.125.